The third kappa shape index (κ3) is 7.18. The van der Waals surface area contributed by atoms with Crippen LogP contribution in [0, 0.1) is 5.82 Å². The van der Waals surface area contributed by atoms with Gasteiger partial charge >= 0.3 is 0 Å². The molecule has 0 aliphatic rings. The Balaban J connectivity index is 0.000000287. The molecule has 0 aliphatic heterocycles. The molecule has 0 spiro atoms. The highest BCUT2D eigenvalue weighted by Gasteiger charge is 1.96. The first-order valence-electron chi connectivity index (χ1n) is 7.11. The van der Waals surface area contributed by atoms with Crippen LogP contribution in [0.15, 0.2) is 66.4 Å². The van der Waals surface area contributed by atoms with Crippen LogP contribution in [0.4, 0.5) is 10.1 Å². The number of ether oxygens (including phenoxy) is 1. The summed E-state index contributed by atoms with van der Waals surface area (Å²) in [5.74, 6) is 1.41. The van der Waals surface area contributed by atoms with Gasteiger partial charge < -0.3 is 10.1 Å². The van der Waals surface area contributed by atoms with Crippen LogP contribution in [0.25, 0.3) is 0 Å². The molecular weight excluding hydrogens is 297 g/mol. The van der Waals surface area contributed by atoms with Crippen molar-refractivity contribution in [3.8, 4) is 5.75 Å². The molecule has 0 aliphatic carbocycles. The standard InChI is InChI=1S/C12H17NOS.C6H5F/c1-3-4-11(9-15)13-10-5-7-12(14-2)8-6-10;7-6-4-2-1-3-5-6/h4-8,13,15H,3,9H2,1-2H3;1-5H/b11-4+;. The summed E-state index contributed by atoms with van der Waals surface area (Å²) in [6.07, 6.45) is 3.15. The van der Waals surface area contributed by atoms with E-state index in [-0.39, 0.29) is 5.82 Å². The van der Waals surface area contributed by atoms with Gasteiger partial charge in [0.2, 0.25) is 0 Å². The van der Waals surface area contributed by atoms with Crippen molar-refractivity contribution in [2.24, 2.45) is 0 Å². The van der Waals surface area contributed by atoms with Crippen LogP contribution >= 0.6 is 12.6 Å². The number of allylic oxidation sites excluding steroid dienone is 1. The van der Waals surface area contributed by atoms with Gasteiger partial charge in [0.15, 0.2) is 0 Å². The van der Waals surface area contributed by atoms with Crippen molar-refractivity contribution < 1.29 is 9.13 Å². The molecule has 0 heterocycles. The third-order valence-corrected chi connectivity index (χ3v) is 3.09. The van der Waals surface area contributed by atoms with E-state index in [1.807, 2.05) is 24.3 Å². The van der Waals surface area contributed by atoms with Gasteiger partial charge in [0.25, 0.3) is 0 Å². The van der Waals surface area contributed by atoms with Crippen molar-refractivity contribution in [3.05, 3.63) is 72.2 Å². The molecule has 0 saturated carbocycles. The second-order valence-electron chi connectivity index (χ2n) is 4.44. The predicted octanol–water partition coefficient (Wildman–Crippen LogP) is 5.16. The minimum atomic E-state index is -0.178. The van der Waals surface area contributed by atoms with Crippen LogP contribution in [0.5, 0.6) is 5.75 Å². The van der Waals surface area contributed by atoms with Crippen molar-refractivity contribution in [3.63, 3.8) is 0 Å². The highest BCUT2D eigenvalue weighted by atomic mass is 32.1. The molecule has 4 heteroatoms. The molecule has 22 heavy (non-hydrogen) atoms. The highest BCUT2D eigenvalue weighted by Crippen LogP contribution is 2.16. The summed E-state index contributed by atoms with van der Waals surface area (Å²) >= 11 is 4.26. The molecule has 2 nitrogen and oxygen atoms in total. The molecular formula is C18H22FNOS. The first-order valence-corrected chi connectivity index (χ1v) is 7.74. The molecule has 2 aromatic carbocycles. The largest absolute Gasteiger partial charge is 0.497 e. The summed E-state index contributed by atoms with van der Waals surface area (Å²) in [6.45, 7) is 2.11. The Bertz CT molecular complexity index is 555. The number of benzene rings is 2. The van der Waals surface area contributed by atoms with Crippen molar-refractivity contribution in [2.75, 3.05) is 18.2 Å². The summed E-state index contributed by atoms with van der Waals surface area (Å²) in [4.78, 5) is 0. The lowest BCUT2D eigenvalue weighted by Gasteiger charge is -2.09. The topological polar surface area (TPSA) is 21.3 Å². The van der Waals surface area contributed by atoms with Gasteiger partial charge in [-0.2, -0.15) is 12.6 Å². The van der Waals surface area contributed by atoms with Crippen LogP contribution in [0.1, 0.15) is 13.3 Å². The van der Waals surface area contributed by atoms with Gasteiger partial charge in [0.05, 0.1) is 7.11 Å². The quantitative estimate of drug-likeness (QED) is 0.743. The van der Waals surface area contributed by atoms with Gasteiger partial charge in [-0.3, -0.25) is 0 Å². The fraction of sp³-hybridized carbons (Fsp3) is 0.222. The van der Waals surface area contributed by atoms with Crippen molar-refractivity contribution in [1.82, 2.24) is 0 Å². The Morgan fingerprint density at radius 2 is 1.77 bits per heavy atom. The summed E-state index contributed by atoms with van der Waals surface area (Å²) in [7, 11) is 1.67. The number of hydrogen-bond acceptors (Lipinski definition) is 3. The lowest BCUT2D eigenvalue weighted by atomic mass is 10.3. The van der Waals surface area contributed by atoms with Crippen LogP contribution < -0.4 is 10.1 Å². The number of hydrogen-bond donors (Lipinski definition) is 2. The third-order valence-electron chi connectivity index (χ3n) is 2.75. The second kappa shape index (κ2) is 10.7. The molecule has 2 aromatic rings. The Labute approximate surface area is 137 Å². The normalized spacial score (nSPS) is 10.5. The lowest BCUT2D eigenvalue weighted by molar-refractivity contribution is 0.415. The molecule has 0 aromatic heterocycles. The Morgan fingerprint density at radius 3 is 2.18 bits per heavy atom. The maximum atomic E-state index is 11.9. The van der Waals surface area contributed by atoms with Gasteiger partial charge in [0.1, 0.15) is 11.6 Å². The van der Waals surface area contributed by atoms with Crippen molar-refractivity contribution in [2.45, 2.75) is 13.3 Å². The van der Waals surface area contributed by atoms with E-state index in [1.54, 1.807) is 25.3 Å². The Kier molecular flexibility index (Phi) is 8.84. The van der Waals surface area contributed by atoms with E-state index >= 15 is 0 Å². The van der Waals surface area contributed by atoms with Gasteiger partial charge in [-0.05, 0) is 42.8 Å². The molecule has 0 fully saturated rings. The average Bonchev–Trinajstić information content (AvgIpc) is 2.56. The maximum Gasteiger partial charge on any atom is 0.123 e. The molecule has 118 valence electrons. The minimum Gasteiger partial charge on any atom is -0.497 e. The molecule has 0 bridgehead atoms. The zero-order chi connectivity index (χ0) is 16.2. The van der Waals surface area contributed by atoms with Gasteiger partial charge in [-0.1, -0.05) is 31.2 Å². The van der Waals surface area contributed by atoms with E-state index in [0.717, 1.165) is 29.3 Å². The molecule has 1 N–H and O–H groups in total. The van der Waals surface area contributed by atoms with Crippen LogP contribution in [0.2, 0.25) is 0 Å². The first-order chi connectivity index (χ1) is 10.7. The monoisotopic (exact) mass is 319 g/mol. The van der Waals surface area contributed by atoms with E-state index in [0.29, 0.717) is 0 Å². The number of nitrogens with one attached hydrogen (secondary N) is 1. The van der Waals surface area contributed by atoms with Crippen LogP contribution in [-0.2, 0) is 0 Å². The Hall–Kier alpha value is -1.94. The number of anilines is 1. The number of halogens is 1. The predicted molar refractivity (Wildman–Crippen MR) is 95.2 cm³/mol. The van der Waals surface area contributed by atoms with Gasteiger partial charge in [-0.25, -0.2) is 4.39 Å². The zero-order valence-electron chi connectivity index (χ0n) is 12.9. The second-order valence-corrected chi connectivity index (χ2v) is 4.76. The van der Waals surface area contributed by atoms with E-state index in [2.05, 4.69) is 30.9 Å². The SMILES string of the molecule is CC/C=C(\CS)Nc1ccc(OC)cc1.Fc1ccccc1. The van der Waals surface area contributed by atoms with Gasteiger partial charge in [-0.15, -0.1) is 0 Å². The summed E-state index contributed by atoms with van der Waals surface area (Å²) < 4.78 is 17.0. The molecule has 0 amide bonds. The number of rotatable bonds is 5. The molecule has 0 saturated heterocycles. The fourth-order valence-corrected chi connectivity index (χ4v) is 1.88. The highest BCUT2D eigenvalue weighted by molar-refractivity contribution is 7.80. The zero-order valence-corrected chi connectivity index (χ0v) is 13.8. The molecule has 2 rings (SSSR count). The fourth-order valence-electron chi connectivity index (χ4n) is 1.68. The minimum absolute atomic E-state index is 0.178. The van der Waals surface area contributed by atoms with E-state index in [9.17, 15) is 4.39 Å². The first kappa shape index (κ1) is 18.1. The van der Waals surface area contributed by atoms with Crippen LogP contribution in [-0.4, -0.2) is 12.9 Å². The summed E-state index contributed by atoms with van der Waals surface area (Å²) in [5, 5.41) is 3.31. The Morgan fingerprint density at radius 1 is 1.14 bits per heavy atom. The van der Waals surface area contributed by atoms with Crippen molar-refractivity contribution in [1.29, 1.82) is 0 Å². The van der Waals surface area contributed by atoms with E-state index in [1.165, 1.54) is 12.1 Å². The van der Waals surface area contributed by atoms with Crippen molar-refractivity contribution >= 4 is 18.3 Å². The molecule has 0 radical (unpaired) electrons. The number of methoxy groups -OCH3 is 1. The van der Waals surface area contributed by atoms with Crippen LogP contribution in [0.3, 0.4) is 0 Å². The maximum absolute atomic E-state index is 11.9. The lowest BCUT2D eigenvalue weighted by Crippen LogP contribution is -2.00. The van der Waals surface area contributed by atoms with E-state index < -0.39 is 0 Å². The average molecular weight is 319 g/mol. The van der Waals surface area contributed by atoms with Gasteiger partial charge in [0, 0.05) is 17.1 Å². The smallest absolute Gasteiger partial charge is 0.123 e. The molecule has 0 atom stereocenters. The summed E-state index contributed by atoms with van der Waals surface area (Å²) in [6, 6.07) is 15.8. The number of thiol groups is 1. The van der Waals surface area contributed by atoms with E-state index in [4.69, 9.17) is 4.74 Å². The molecule has 0 unspecified atom stereocenters. The summed E-state index contributed by atoms with van der Waals surface area (Å²) in [5.41, 5.74) is 2.19.